The Morgan fingerprint density at radius 2 is 1.79 bits per heavy atom. The van der Waals surface area contributed by atoms with Crippen molar-refractivity contribution in [2.45, 2.75) is 104 Å². The van der Waals surface area contributed by atoms with Gasteiger partial charge in [-0.05, 0) is 56.7 Å². The first kappa shape index (κ1) is 20.4. The van der Waals surface area contributed by atoms with Crippen molar-refractivity contribution in [3.05, 3.63) is 0 Å². The van der Waals surface area contributed by atoms with Crippen molar-refractivity contribution in [3.63, 3.8) is 0 Å². The van der Waals surface area contributed by atoms with Crippen LogP contribution in [0.1, 0.15) is 73.1 Å². The third-order valence-corrected chi connectivity index (χ3v) is 6.72. The lowest BCUT2D eigenvalue weighted by Crippen LogP contribution is -2.49. The average molecular weight is 332 g/mol. The highest BCUT2D eigenvalue weighted by atomic mass is 15.1. The topological polar surface area (TPSA) is 6.48 Å². The van der Waals surface area contributed by atoms with Crippen LogP contribution in [0.5, 0.6) is 0 Å². The Morgan fingerprint density at radius 3 is 2.46 bits per heavy atom. The Hall–Kier alpha value is 0.0499. The molecule has 2 atom stereocenters. The van der Waals surface area contributed by atoms with Crippen molar-refractivity contribution in [3.8, 4) is 0 Å². The van der Waals surface area contributed by atoms with Gasteiger partial charge in [0.05, 0.1) is 0 Å². The van der Waals surface area contributed by atoms with Crippen molar-refractivity contribution in [1.29, 1.82) is 0 Å². The zero-order valence-corrected chi connectivity index (χ0v) is 17.3. The molecule has 24 heavy (non-hydrogen) atoms. The largest absolute Gasteiger partial charge is 0.341 e. The summed E-state index contributed by atoms with van der Waals surface area (Å²) in [5.41, 5.74) is 0. The molecule has 2 fully saturated rings. The monoisotopic (exact) mass is 332 g/mol. The summed E-state index contributed by atoms with van der Waals surface area (Å²) in [6.07, 6.45) is 12.7. The molecule has 2 nitrogen and oxygen atoms in total. The van der Waals surface area contributed by atoms with Crippen LogP contribution < -0.4 is 0 Å². The smallest absolute Gasteiger partial charge is 0.226 e. The fourth-order valence-corrected chi connectivity index (χ4v) is 5.50. The minimum absolute atomic E-state index is 0.785. The van der Waals surface area contributed by atoms with Gasteiger partial charge < -0.3 is 9.62 Å². The molecule has 0 aliphatic carbocycles. The average Bonchev–Trinajstić information content (AvgIpc) is 2.59. The normalized spacial score (nSPS) is 25.5. The van der Waals surface area contributed by atoms with E-state index >= 15 is 0 Å². The predicted molar refractivity (Wildman–Crippen MR) is 111 cm³/mol. The standard InChI is InChI=1S/C20H42B2N2/c1-6-21-14-8-9-16-24(21)19(5)12-13-20-11-10-15-23(17-18(3)4)22(20)7-2/h18-20H,6-17H2,1-5H3. The molecule has 2 aliphatic heterocycles. The van der Waals surface area contributed by atoms with E-state index in [1.54, 1.807) is 0 Å². The Balaban J connectivity index is 1.86. The van der Waals surface area contributed by atoms with E-state index in [4.69, 9.17) is 0 Å². The summed E-state index contributed by atoms with van der Waals surface area (Å²) in [5, 5.41) is 0. The molecule has 0 aromatic carbocycles. The zero-order chi connectivity index (χ0) is 17.5. The summed E-state index contributed by atoms with van der Waals surface area (Å²) in [5.74, 6) is 1.74. The van der Waals surface area contributed by atoms with Gasteiger partial charge in [0.1, 0.15) is 0 Å². The molecule has 2 rings (SSSR count). The Morgan fingerprint density at radius 1 is 1.00 bits per heavy atom. The van der Waals surface area contributed by atoms with Gasteiger partial charge in [0, 0.05) is 0 Å². The van der Waals surface area contributed by atoms with Crippen LogP contribution in [-0.2, 0) is 0 Å². The third kappa shape index (κ3) is 5.53. The predicted octanol–water partition coefficient (Wildman–Crippen LogP) is 5.40. The van der Waals surface area contributed by atoms with Crippen LogP contribution in [0.15, 0.2) is 0 Å². The first-order valence-electron chi connectivity index (χ1n) is 11.1. The van der Waals surface area contributed by atoms with Crippen molar-refractivity contribution >= 4 is 13.7 Å². The minimum atomic E-state index is 0.785. The van der Waals surface area contributed by atoms with Gasteiger partial charge in [0.2, 0.25) is 13.7 Å². The number of rotatable bonds is 8. The van der Waals surface area contributed by atoms with Crippen LogP contribution in [-0.4, -0.2) is 49.0 Å². The molecular weight excluding hydrogens is 290 g/mol. The lowest BCUT2D eigenvalue weighted by Gasteiger charge is -2.42. The summed E-state index contributed by atoms with van der Waals surface area (Å²) in [6, 6.07) is 0.785. The highest BCUT2D eigenvalue weighted by Gasteiger charge is 2.35. The van der Waals surface area contributed by atoms with E-state index in [1.807, 2.05) is 0 Å². The van der Waals surface area contributed by atoms with Gasteiger partial charge in [-0.1, -0.05) is 72.8 Å². The maximum Gasteiger partial charge on any atom is 0.226 e. The highest BCUT2D eigenvalue weighted by Crippen LogP contribution is 2.34. The van der Waals surface area contributed by atoms with E-state index in [1.165, 1.54) is 77.1 Å². The summed E-state index contributed by atoms with van der Waals surface area (Å²) < 4.78 is 0. The second-order valence-electron chi connectivity index (χ2n) is 8.99. The molecule has 0 spiro atoms. The van der Waals surface area contributed by atoms with Gasteiger partial charge in [-0.2, -0.15) is 0 Å². The first-order chi connectivity index (χ1) is 11.6. The van der Waals surface area contributed by atoms with E-state index in [0.29, 0.717) is 0 Å². The van der Waals surface area contributed by atoms with Gasteiger partial charge in [-0.25, -0.2) is 0 Å². The van der Waals surface area contributed by atoms with Crippen LogP contribution in [0.2, 0.25) is 24.8 Å². The van der Waals surface area contributed by atoms with Crippen molar-refractivity contribution in [2.75, 3.05) is 19.6 Å². The Bertz CT molecular complexity index is 351. The molecule has 0 aromatic heterocycles. The van der Waals surface area contributed by atoms with Crippen molar-refractivity contribution < 1.29 is 0 Å². The fourth-order valence-electron chi connectivity index (χ4n) is 5.50. The molecule has 0 bridgehead atoms. The minimum Gasteiger partial charge on any atom is -0.341 e. The lowest BCUT2D eigenvalue weighted by atomic mass is 9.43. The van der Waals surface area contributed by atoms with Gasteiger partial charge in [0.15, 0.2) is 0 Å². The SMILES string of the molecule is CCB1C(CCC(C)N2CCCCB2CC)CCCN1CC(C)C. The summed E-state index contributed by atoms with van der Waals surface area (Å²) in [6.45, 7) is 17.7. The number of hydrogen-bond donors (Lipinski definition) is 0. The van der Waals surface area contributed by atoms with E-state index in [2.05, 4.69) is 44.2 Å². The first-order valence-corrected chi connectivity index (χ1v) is 11.1. The molecule has 2 heterocycles. The summed E-state index contributed by atoms with van der Waals surface area (Å²) in [7, 11) is 0. The Labute approximate surface area is 153 Å². The third-order valence-electron chi connectivity index (χ3n) is 6.72. The molecular formula is C20H42B2N2. The molecule has 2 aliphatic rings. The van der Waals surface area contributed by atoms with Crippen molar-refractivity contribution in [2.24, 2.45) is 5.92 Å². The number of nitrogens with zero attached hydrogens (tertiary/aromatic N) is 2. The van der Waals surface area contributed by atoms with Gasteiger partial charge in [-0.15, -0.1) is 0 Å². The molecule has 0 saturated carbocycles. The lowest BCUT2D eigenvalue weighted by molar-refractivity contribution is 0.284. The second-order valence-corrected chi connectivity index (χ2v) is 8.99. The van der Waals surface area contributed by atoms with Gasteiger partial charge >= 0.3 is 0 Å². The van der Waals surface area contributed by atoms with Crippen LogP contribution in [0.25, 0.3) is 0 Å². The van der Waals surface area contributed by atoms with E-state index in [9.17, 15) is 0 Å². The van der Waals surface area contributed by atoms with Crippen LogP contribution in [0.3, 0.4) is 0 Å². The van der Waals surface area contributed by atoms with E-state index < -0.39 is 0 Å². The molecule has 0 radical (unpaired) electrons. The quantitative estimate of drug-likeness (QED) is 0.550. The number of hydrogen-bond acceptors (Lipinski definition) is 2. The molecule has 0 amide bonds. The maximum absolute atomic E-state index is 2.85. The van der Waals surface area contributed by atoms with E-state index in [-0.39, 0.29) is 0 Å². The Kier molecular flexibility index (Phi) is 8.70. The molecule has 138 valence electrons. The van der Waals surface area contributed by atoms with Crippen LogP contribution in [0, 0.1) is 5.92 Å². The highest BCUT2D eigenvalue weighted by molar-refractivity contribution is 6.57. The van der Waals surface area contributed by atoms with Crippen molar-refractivity contribution in [1.82, 2.24) is 9.62 Å². The molecule has 4 heteroatoms. The summed E-state index contributed by atoms with van der Waals surface area (Å²) in [4.78, 5) is 5.67. The summed E-state index contributed by atoms with van der Waals surface area (Å²) >= 11 is 0. The molecule has 0 N–H and O–H groups in total. The molecule has 2 unspecified atom stereocenters. The maximum atomic E-state index is 2.85. The van der Waals surface area contributed by atoms with Crippen LogP contribution >= 0.6 is 0 Å². The van der Waals surface area contributed by atoms with E-state index in [0.717, 1.165) is 31.5 Å². The van der Waals surface area contributed by atoms with Crippen LogP contribution in [0.4, 0.5) is 0 Å². The second kappa shape index (κ2) is 10.3. The zero-order valence-electron chi connectivity index (χ0n) is 17.3. The molecule has 2 saturated heterocycles. The van der Waals surface area contributed by atoms with Gasteiger partial charge in [0.25, 0.3) is 0 Å². The molecule has 0 aromatic rings. The van der Waals surface area contributed by atoms with Gasteiger partial charge in [-0.3, -0.25) is 0 Å². The fraction of sp³-hybridized carbons (Fsp3) is 1.00.